The van der Waals surface area contributed by atoms with Crippen LogP contribution >= 0.6 is 0 Å². The fourth-order valence-electron chi connectivity index (χ4n) is 3.48. The third-order valence-corrected chi connectivity index (χ3v) is 6.97. The number of rotatable bonds is 7. The van der Waals surface area contributed by atoms with Gasteiger partial charge >= 0.3 is 0 Å². The number of amides is 1. The molecule has 0 aliphatic carbocycles. The summed E-state index contributed by atoms with van der Waals surface area (Å²) in [4.78, 5) is 16.7. The van der Waals surface area contributed by atoms with Crippen LogP contribution in [0.2, 0.25) is 0 Å². The number of sulfone groups is 1. The monoisotopic (exact) mass is 416 g/mol. The zero-order valence-corrected chi connectivity index (χ0v) is 18.0. The lowest BCUT2D eigenvalue weighted by molar-refractivity contribution is -0.136. The summed E-state index contributed by atoms with van der Waals surface area (Å²) in [6.07, 6.45) is 0.466. The number of carbonyl (C=O) groups is 1. The fourth-order valence-corrected chi connectivity index (χ4v) is 5.21. The van der Waals surface area contributed by atoms with Crippen LogP contribution in [0, 0.1) is 6.92 Å². The Morgan fingerprint density at radius 1 is 1.10 bits per heavy atom. The summed E-state index contributed by atoms with van der Waals surface area (Å²) in [5.74, 6) is 0.598. The second-order valence-corrected chi connectivity index (χ2v) is 9.92. The van der Waals surface area contributed by atoms with E-state index in [0.29, 0.717) is 18.7 Å². The van der Waals surface area contributed by atoms with E-state index in [1.54, 1.807) is 4.90 Å². The zero-order chi connectivity index (χ0) is 21.0. The number of para-hydroxylation sites is 1. The van der Waals surface area contributed by atoms with E-state index in [2.05, 4.69) is 0 Å². The van der Waals surface area contributed by atoms with E-state index in [0.717, 1.165) is 16.8 Å². The van der Waals surface area contributed by atoms with E-state index in [1.807, 2.05) is 74.4 Å². The molecule has 6 nitrogen and oxygen atoms in total. The number of ether oxygens (including phenoxy) is 1. The maximum atomic E-state index is 13.0. The second kappa shape index (κ2) is 8.86. The van der Waals surface area contributed by atoms with Crippen molar-refractivity contribution in [1.82, 2.24) is 4.90 Å². The van der Waals surface area contributed by atoms with Gasteiger partial charge in [-0.25, -0.2) is 8.42 Å². The maximum Gasteiger partial charge on any atom is 0.261 e. The average Bonchev–Trinajstić information content (AvgIpc) is 3.05. The lowest BCUT2D eigenvalue weighted by Crippen LogP contribution is -2.43. The van der Waals surface area contributed by atoms with Crippen LogP contribution in [0.4, 0.5) is 5.69 Å². The molecule has 1 atom stereocenters. The van der Waals surface area contributed by atoms with Crippen molar-refractivity contribution in [3.8, 4) is 5.75 Å². The topological polar surface area (TPSA) is 66.9 Å². The van der Waals surface area contributed by atoms with Crippen LogP contribution in [0.5, 0.6) is 5.75 Å². The summed E-state index contributed by atoms with van der Waals surface area (Å²) in [5, 5.41) is 0. The van der Waals surface area contributed by atoms with Gasteiger partial charge in [0.25, 0.3) is 5.91 Å². The average molecular weight is 417 g/mol. The Morgan fingerprint density at radius 2 is 1.79 bits per heavy atom. The molecule has 29 heavy (non-hydrogen) atoms. The first-order valence-electron chi connectivity index (χ1n) is 9.70. The summed E-state index contributed by atoms with van der Waals surface area (Å²) in [6.45, 7) is 2.18. The highest BCUT2D eigenvalue weighted by Crippen LogP contribution is 2.22. The Kier molecular flexibility index (Phi) is 6.47. The summed E-state index contributed by atoms with van der Waals surface area (Å²) in [5.41, 5.74) is 2.98. The lowest BCUT2D eigenvalue weighted by atomic mass is 10.1. The van der Waals surface area contributed by atoms with E-state index in [4.69, 9.17) is 4.74 Å². The summed E-state index contributed by atoms with van der Waals surface area (Å²) >= 11 is 0. The Hall–Kier alpha value is -2.54. The van der Waals surface area contributed by atoms with Crippen molar-refractivity contribution >= 4 is 21.4 Å². The molecule has 0 saturated carbocycles. The third-order valence-electron chi connectivity index (χ3n) is 5.22. The molecule has 156 valence electrons. The van der Waals surface area contributed by atoms with Crippen LogP contribution in [0.15, 0.2) is 48.5 Å². The molecule has 1 fully saturated rings. The molecule has 2 aromatic carbocycles. The number of hydrogen-bond acceptors (Lipinski definition) is 5. The van der Waals surface area contributed by atoms with E-state index >= 15 is 0 Å². The van der Waals surface area contributed by atoms with Crippen LogP contribution < -0.4 is 9.64 Å². The van der Waals surface area contributed by atoms with Crippen molar-refractivity contribution in [2.45, 2.75) is 25.9 Å². The Balaban J connectivity index is 1.75. The molecule has 1 heterocycles. The quantitative estimate of drug-likeness (QED) is 0.694. The molecule has 0 aromatic heterocycles. The summed E-state index contributed by atoms with van der Waals surface area (Å²) < 4.78 is 29.7. The molecule has 3 rings (SSSR count). The van der Waals surface area contributed by atoms with Gasteiger partial charge in [-0.3, -0.25) is 4.79 Å². The number of nitrogens with zero attached hydrogens (tertiary/aromatic N) is 2. The van der Waals surface area contributed by atoms with E-state index in [9.17, 15) is 13.2 Å². The predicted octanol–water partition coefficient (Wildman–Crippen LogP) is 2.66. The van der Waals surface area contributed by atoms with Crippen LogP contribution in [-0.2, 0) is 21.2 Å². The Labute approximate surface area is 173 Å². The largest absolute Gasteiger partial charge is 0.484 e. The molecular formula is C22H28N2O4S. The van der Waals surface area contributed by atoms with Crippen molar-refractivity contribution in [2.24, 2.45) is 0 Å². The highest BCUT2D eigenvalue weighted by Gasteiger charge is 2.34. The molecule has 1 aliphatic rings. The number of benzene rings is 2. The first-order valence-corrected chi connectivity index (χ1v) is 11.5. The smallest absolute Gasteiger partial charge is 0.261 e. The van der Waals surface area contributed by atoms with E-state index < -0.39 is 9.84 Å². The Bertz CT molecular complexity index is 955. The van der Waals surface area contributed by atoms with Gasteiger partial charge in [0.2, 0.25) is 0 Å². The second-order valence-electron chi connectivity index (χ2n) is 7.69. The van der Waals surface area contributed by atoms with Crippen molar-refractivity contribution in [2.75, 3.05) is 37.1 Å². The molecule has 0 N–H and O–H groups in total. The van der Waals surface area contributed by atoms with Gasteiger partial charge < -0.3 is 14.5 Å². The number of anilines is 1. The minimum atomic E-state index is -3.10. The molecule has 2 aromatic rings. The molecule has 1 amide bonds. The fraction of sp³-hybridized carbons (Fsp3) is 0.409. The van der Waals surface area contributed by atoms with Gasteiger partial charge in [-0.05, 0) is 42.7 Å². The standard InChI is InChI=1S/C22H28N2O4S/c1-17-6-4-5-7-21(17)28-15-22(25)24(20-12-13-29(26,27)16-20)14-18-8-10-19(11-9-18)23(2)3/h4-11,20H,12-16H2,1-3H3/t20-/m0/s1. The van der Waals surface area contributed by atoms with Crippen molar-refractivity contribution in [3.63, 3.8) is 0 Å². The SMILES string of the molecule is Cc1ccccc1OCC(=O)N(Cc1ccc(N(C)C)cc1)[C@H]1CCS(=O)(=O)C1. The van der Waals surface area contributed by atoms with E-state index in [1.165, 1.54) is 0 Å². The summed E-state index contributed by atoms with van der Waals surface area (Å²) in [6, 6.07) is 15.1. The molecule has 7 heteroatoms. The highest BCUT2D eigenvalue weighted by atomic mass is 32.2. The number of hydrogen-bond donors (Lipinski definition) is 0. The van der Waals surface area contributed by atoms with Crippen LogP contribution in [-0.4, -0.2) is 57.5 Å². The number of aryl methyl sites for hydroxylation is 1. The minimum Gasteiger partial charge on any atom is -0.484 e. The Morgan fingerprint density at radius 3 is 2.38 bits per heavy atom. The maximum absolute atomic E-state index is 13.0. The van der Waals surface area contributed by atoms with Gasteiger partial charge in [0.15, 0.2) is 16.4 Å². The normalized spacial score (nSPS) is 17.7. The lowest BCUT2D eigenvalue weighted by Gasteiger charge is -2.28. The van der Waals surface area contributed by atoms with Crippen molar-refractivity contribution < 1.29 is 17.9 Å². The molecule has 1 saturated heterocycles. The molecule has 0 spiro atoms. The van der Waals surface area contributed by atoms with Gasteiger partial charge in [-0.1, -0.05) is 30.3 Å². The molecule has 0 radical (unpaired) electrons. The zero-order valence-electron chi connectivity index (χ0n) is 17.2. The first-order chi connectivity index (χ1) is 13.7. The van der Waals surface area contributed by atoms with Gasteiger partial charge in [-0.15, -0.1) is 0 Å². The minimum absolute atomic E-state index is 0.0128. The third kappa shape index (κ3) is 5.50. The van der Waals surface area contributed by atoms with Gasteiger partial charge in [0.05, 0.1) is 11.5 Å². The van der Waals surface area contributed by atoms with Crippen molar-refractivity contribution in [1.29, 1.82) is 0 Å². The van der Waals surface area contributed by atoms with Gasteiger partial charge in [0.1, 0.15) is 5.75 Å². The molecule has 1 aliphatic heterocycles. The van der Waals surface area contributed by atoms with Crippen LogP contribution in [0.1, 0.15) is 17.5 Å². The van der Waals surface area contributed by atoms with E-state index in [-0.39, 0.29) is 30.1 Å². The predicted molar refractivity (Wildman–Crippen MR) is 115 cm³/mol. The van der Waals surface area contributed by atoms with Gasteiger partial charge in [-0.2, -0.15) is 0 Å². The molecule has 0 bridgehead atoms. The first kappa shape index (κ1) is 21.2. The number of carbonyl (C=O) groups excluding carboxylic acids is 1. The summed E-state index contributed by atoms with van der Waals surface area (Å²) in [7, 11) is 0.839. The molecular weight excluding hydrogens is 388 g/mol. The molecule has 0 unspecified atom stereocenters. The van der Waals surface area contributed by atoms with Gasteiger partial charge in [0, 0.05) is 32.4 Å². The highest BCUT2D eigenvalue weighted by molar-refractivity contribution is 7.91. The van der Waals surface area contributed by atoms with Crippen molar-refractivity contribution in [3.05, 3.63) is 59.7 Å². The van der Waals surface area contributed by atoms with Crippen LogP contribution in [0.25, 0.3) is 0 Å². The van der Waals surface area contributed by atoms with Crippen LogP contribution in [0.3, 0.4) is 0 Å².